The predicted molar refractivity (Wildman–Crippen MR) is 71.7 cm³/mol. The van der Waals surface area contributed by atoms with Crippen LogP contribution in [-0.2, 0) is 4.74 Å². The fourth-order valence-electron chi connectivity index (χ4n) is 1.42. The topological polar surface area (TPSA) is 86.5 Å². The number of nitrogens with zero attached hydrogens (tertiary/aromatic N) is 2. The van der Waals surface area contributed by atoms with Gasteiger partial charge in [-0.05, 0) is 6.42 Å². The Morgan fingerprint density at radius 1 is 1.42 bits per heavy atom. The zero-order valence-electron chi connectivity index (χ0n) is 11.2. The van der Waals surface area contributed by atoms with Gasteiger partial charge in [0.2, 0.25) is 11.7 Å². The van der Waals surface area contributed by atoms with Gasteiger partial charge in [-0.3, -0.25) is 10.1 Å². The second-order valence-electron chi connectivity index (χ2n) is 3.87. The van der Waals surface area contributed by atoms with Crippen LogP contribution in [0.3, 0.4) is 0 Å². The maximum absolute atomic E-state index is 10.8. The van der Waals surface area contributed by atoms with Crippen LogP contribution in [0.2, 0.25) is 0 Å². The number of hydrogen-bond acceptors (Lipinski definition) is 6. The molecule has 19 heavy (non-hydrogen) atoms. The van der Waals surface area contributed by atoms with E-state index < -0.39 is 4.92 Å². The van der Waals surface area contributed by atoms with Crippen LogP contribution in [0, 0.1) is 10.1 Å². The Labute approximate surface area is 112 Å². The molecule has 0 aliphatic carbocycles. The first-order valence-corrected chi connectivity index (χ1v) is 6.20. The van der Waals surface area contributed by atoms with Crippen molar-refractivity contribution in [3.8, 4) is 5.88 Å². The molecule has 7 heteroatoms. The molecular formula is C12H19N3O4. The van der Waals surface area contributed by atoms with Gasteiger partial charge in [-0.2, -0.15) is 4.98 Å². The number of nitrogens with one attached hydrogen (secondary N) is 1. The first kappa shape index (κ1) is 15.2. The molecule has 106 valence electrons. The number of anilines is 1. The van der Waals surface area contributed by atoms with Crippen molar-refractivity contribution in [1.29, 1.82) is 0 Å². The zero-order chi connectivity index (χ0) is 14.1. The van der Waals surface area contributed by atoms with Crippen LogP contribution < -0.4 is 10.1 Å². The molecule has 0 spiro atoms. The molecule has 1 aromatic rings. The molecule has 0 saturated carbocycles. The summed E-state index contributed by atoms with van der Waals surface area (Å²) in [6, 6.07) is 2.83. The summed E-state index contributed by atoms with van der Waals surface area (Å²) < 4.78 is 10.3. The highest BCUT2D eigenvalue weighted by atomic mass is 16.6. The summed E-state index contributed by atoms with van der Waals surface area (Å²) in [6.45, 7) is 3.73. The second kappa shape index (κ2) is 8.25. The van der Waals surface area contributed by atoms with Gasteiger partial charge in [0.15, 0.2) is 0 Å². The highest BCUT2D eigenvalue weighted by Gasteiger charge is 2.15. The van der Waals surface area contributed by atoms with Crippen molar-refractivity contribution in [2.24, 2.45) is 0 Å². The fourth-order valence-corrected chi connectivity index (χ4v) is 1.42. The van der Waals surface area contributed by atoms with Gasteiger partial charge in [-0.1, -0.05) is 13.3 Å². The van der Waals surface area contributed by atoms with Crippen molar-refractivity contribution in [2.75, 3.05) is 32.2 Å². The molecule has 0 amide bonds. The summed E-state index contributed by atoms with van der Waals surface area (Å²) in [5, 5.41) is 13.7. The average Bonchev–Trinajstić information content (AvgIpc) is 2.42. The van der Waals surface area contributed by atoms with E-state index in [0.717, 1.165) is 12.8 Å². The fraction of sp³-hybridized carbons (Fsp3) is 0.583. The predicted octanol–water partition coefficient (Wildman–Crippen LogP) is 2.23. The van der Waals surface area contributed by atoms with Crippen LogP contribution in [0.4, 0.5) is 11.5 Å². The molecule has 0 fully saturated rings. The lowest BCUT2D eigenvalue weighted by molar-refractivity contribution is -0.384. The normalized spacial score (nSPS) is 10.2. The average molecular weight is 269 g/mol. The van der Waals surface area contributed by atoms with E-state index in [1.165, 1.54) is 19.2 Å². The number of hydrogen-bond donors (Lipinski definition) is 1. The third-order valence-corrected chi connectivity index (χ3v) is 2.44. The summed E-state index contributed by atoms with van der Waals surface area (Å²) >= 11 is 0. The second-order valence-corrected chi connectivity index (χ2v) is 3.87. The molecule has 1 aromatic heterocycles. The molecule has 1 heterocycles. The minimum absolute atomic E-state index is 0.0747. The number of methoxy groups -OCH3 is 1. The van der Waals surface area contributed by atoms with Crippen LogP contribution in [0.5, 0.6) is 5.88 Å². The van der Waals surface area contributed by atoms with Gasteiger partial charge in [0.05, 0.1) is 18.6 Å². The number of unbranched alkanes of at least 4 members (excludes halogenated alkanes) is 1. The molecule has 0 saturated heterocycles. The Kier molecular flexibility index (Phi) is 6.59. The Balaban J connectivity index is 2.52. The van der Waals surface area contributed by atoms with Crippen LogP contribution in [0.25, 0.3) is 0 Å². The van der Waals surface area contributed by atoms with Crippen molar-refractivity contribution in [2.45, 2.75) is 19.8 Å². The first-order chi connectivity index (χ1) is 9.19. The number of nitro groups is 1. The molecule has 1 rings (SSSR count). The lowest BCUT2D eigenvalue weighted by Gasteiger charge is -2.08. The molecule has 1 N–H and O–H groups in total. The van der Waals surface area contributed by atoms with Crippen molar-refractivity contribution in [3.63, 3.8) is 0 Å². The SMILES string of the molecule is CCCCOCCNc1nc(OC)ccc1[N+](=O)[O-]. The lowest BCUT2D eigenvalue weighted by atomic mass is 10.3. The minimum atomic E-state index is -0.479. The molecule has 0 radical (unpaired) electrons. The van der Waals surface area contributed by atoms with E-state index in [1.807, 2.05) is 0 Å². The van der Waals surface area contributed by atoms with E-state index in [0.29, 0.717) is 25.6 Å². The van der Waals surface area contributed by atoms with E-state index in [9.17, 15) is 10.1 Å². The van der Waals surface area contributed by atoms with E-state index in [1.54, 1.807) is 0 Å². The minimum Gasteiger partial charge on any atom is -0.481 e. The van der Waals surface area contributed by atoms with E-state index >= 15 is 0 Å². The molecule has 0 atom stereocenters. The summed E-state index contributed by atoms with van der Waals surface area (Å²) in [7, 11) is 1.46. The smallest absolute Gasteiger partial charge is 0.311 e. The summed E-state index contributed by atoms with van der Waals surface area (Å²) in [4.78, 5) is 14.4. The highest BCUT2D eigenvalue weighted by Crippen LogP contribution is 2.24. The number of ether oxygens (including phenoxy) is 2. The number of aromatic nitrogens is 1. The summed E-state index contributed by atoms with van der Waals surface area (Å²) in [5.41, 5.74) is -0.0747. The molecule has 0 unspecified atom stereocenters. The van der Waals surface area contributed by atoms with Gasteiger partial charge in [0.1, 0.15) is 0 Å². The standard InChI is InChI=1S/C12H19N3O4/c1-3-4-8-19-9-7-13-12-10(15(16)17)5-6-11(14-12)18-2/h5-6H,3-4,7-9H2,1-2H3,(H,13,14). The van der Waals surface area contributed by atoms with E-state index in [2.05, 4.69) is 17.2 Å². The van der Waals surface area contributed by atoms with Crippen molar-refractivity contribution >= 4 is 11.5 Å². The maximum Gasteiger partial charge on any atom is 0.311 e. The number of rotatable bonds is 9. The third kappa shape index (κ3) is 5.09. The lowest BCUT2D eigenvalue weighted by Crippen LogP contribution is -2.12. The summed E-state index contributed by atoms with van der Waals surface area (Å²) in [6.07, 6.45) is 2.09. The molecular weight excluding hydrogens is 250 g/mol. The molecule has 7 nitrogen and oxygen atoms in total. The van der Waals surface area contributed by atoms with Crippen molar-refractivity contribution in [1.82, 2.24) is 4.98 Å². The quantitative estimate of drug-likeness (QED) is 0.420. The summed E-state index contributed by atoms with van der Waals surface area (Å²) in [5.74, 6) is 0.531. The molecule has 0 aromatic carbocycles. The van der Waals surface area contributed by atoms with Crippen molar-refractivity contribution < 1.29 is 14.4 Å². The monoisotopic (exact) mass is 269 g/mol. The van der Waals surface area contributed by atoms with Gasteiger partial charge in [-0.25, -0.2) is 0 Å². The van der Waals surface area contributed by atoms with E-state index in [4.69, 9.17) is 9.47 Å². The Morgan fingerprint density at radius 2 is 2.21 bits per heavy atom. The van der Waals surface area contributed by atoms with Crippen LogP contribution in [0.15, 0.2) is 12.1 Å². The zero-order valence-corrected chi connectivity index (χ0v) is 11.2. The van der Waals surface area contributed by atoms with Crippen LogP contribution in [-0.4, -0.2) is 36.8 Å². The largest absolute Gasteiger partial charge is 0.481 e. The molecule has 0 aliphatic rings. The van der Waals surface area contributed by atoms with Gasteiger partial charge in [0, 0.05) is 25.3 Å². The van der Waals surface area contributed by atoms with Gasteiger partial charge < -0.3 is 14.8 Å². The Hall–Kier alpha value is -1.89. The number of pyridine rings is 1. The highest BCUT2D eigenvalue weighted by molar-refractivity contribution is 5.56. The van der Waals surface area contributed by atoms with Crippen LogP contribution >= 0.6 is 0 Å². The van der Waals surface area contributed by atoms with Gasteiger partial charge in [-0.15, -0.1) is 0 Å². The maximum atomic E-state index is 10.8. The first-order valence-electron chi connectivity index (χ1n) is 6.20. The third-order valence-electron chi connectivity index (χ3n) is 2.44. The Bertz CT molecular complexity index is 412. The van der Waals surface area contributed by atoms with Gasteiger partial charge in [0.25, 0.3) is 0 Å². The van der Waals surface area contributed by atoms with Crippen molar-refractivity contribution in [3.05, 3.63) is 22.2 Å². The van der Waals surface area contributed by atoms with E-state index in [-0.39, 0.29) is 11.5 Å². The molecule has 0 bridgehead atoms. The van der Waals surface area contributed by atoms with Gasteiger partial charge >= 0.3 is 5.69 Å². The molecule has 0 aliphatic heterocycles. The van der Waals surface area contributed by atoms with Crippen LogP contribution in [0.1, 0.15) is 19.8 Å². The Morgan fingerprint density at radius 3 is 2.84 bits per heavy atom.